The molecule has 0 radical (unpaired) electrons. The van der Waals surface area contributed by atoms with Crippen molar-refractivity contribution in [1.29, 1.82) is 0 Å². The molecule has 20 aromatic rings. The molecule has 0 aromatic heterocycles. The molecule has 21 heteroatoms. The molecule has 582 valence electrons. The van der Waals surface area contributed by atoms with Crippen LogP contribution >= 0.6 is 0 Å². The summed E-state index contributed by atoms with van der Waals surface area (Å²) in [6.07, 6.45) is -0.441. The van der Waals surface area contributed by atoms with Crippen molar-refractivity contribution in [3.05, 3.63) is 66.8 Å². The first-order valence-electron chi connectivity index (χ1n) is 42.5. The van der Waals surface area contributed by atoms with Crippen molar-refractivity contribution in [2.75, 3.05) is 59.5 Å². The summed E-state index contributed by atoms with van der Waals surface area (Å²) < 4.78 is 59.0. The fourth-order valence-electron chi connectivity index (χ4n) is 34.2. The number of aliphatic hydroxyl groups is 3. The average molecular weight is 1590 g/mol. The first-order chi connectivity index (χ1) is 57.7. The van der Waals surface area contributed by atoms with Crippen molar-refractivity contribution >= 4 is 248 Å². The lowest BCUT2D eigenvalue weighted by Gasteiger charge is -2.35. The highest BCUT2D eigenvalue weighted by molar-refractivity contribution is 6.76. The molecule has 6 spiro atoms. The molecule has 0 amide bonds. The van der Waals surface area contributed by atoms with E-state index < -0.39 is 159 Å². The minimum atomic E-state index is -2.48. The number of ether oxygens (including phenoxy) is 9. The van der Waals surface area contributed by atoms with Crippen molar-refractivity contribution in [3.8, 4) is 33.4 Å². The number of esters is 9. The van der Waals surface area contributed by atoms with E-state index in [0.29, 0.717) is 83.5 Å². The van der Waals surface area contributed by atoms with Crippen LogP contribution in [0.1, 0.15) is 168 Å². The van der Waals surface area contributed by atoms with Crippen LogP contribution in [0.2, 0.25) is 0 Å². The molecule has 9 unspecified atom stereocenters. The highest BCUT2D eigenvalue weighted by Crippen LogP contribution is 3.07. The molecule has 15 aliphatic rings. The molecule has 0 saturated heterocycles. The van der Waals surface area contributed by atoms with E-state index in [1.165, 1.54) is 0 Å². The zero-order chi connectivity index (χ0) is 80.3. The van der Waals surface area contributed by atoms with Gasteiger partial charge < -0.3 is 58.0 Å². The molecular formula is C99H60O21. The fourth-order valence-corrected chi connectivity index (χ4v) is 34.2. The van der Waals surface area contributed by atoms with E-state index in [1.807, 2.05) is 0 Å². The lowest BCUT2D eigenvalue weighted by molar-refractivity contribution is -0.169. The van der Waals surface area contributed by atoms with Gasteiger partial charge in [0.1, 0.15) is 36.6 Å². The predicted octanol–water partition coefficient (Wildman–Crippen LogP) is 13.9. The average Bonchev–Trinajstić information content (AvgIpc) is 1.33. The summed E-state index contributed by atoms with van der Waals surface area (Å²) in [5.41, 5.74) is -9.72. The van der Waals surface area contributed by atoms with Gasteiger partial charge in [0, 0.05) is 19.3 Å². The highest BCUT2D eigenvalue weighted by atomic mass is 16.6. The maximum absolute atomic E-state index is 18.2. The van der Waals surface area contributed by atoms with Crippen molar-refractivity contribution in [2.24, 2.45) is 16.2 Å². The van der Waals surface area contributed by atoms with Crippen LogP contribution in [0, 0.1) is 16.2 Å². The molecule has 20 aromatic carbocycles. The van der Waals surface area contributed by atoms with E-state index in [-0.39, 0.29) is 58.3 Å². The normalized spacial score (nSPS) is 27.6. The van der Waals surface area contributed by atoms with Gasteiger partial charge in [0.05, 0.1) is 72.1 Å². The SMILES string of the molecule is CC(C)(C)OC(=O)CCCOC(=O)C1(C(=O)OCCO)C23c4c5c6c7c8c4-c4c2c2c9c%10c%11c%12c(c-5c5c%13c%14c%15c%16c%17c(c-7c7c%18c%19c%20c%21c(c4C%204C(C(=O)OCCO)(C(=O)OCCCC(=O)OC(C)(C)C)C874)c2c2c9c4c%11c7c(c%13%12)c%14c8c%16c9c(c%18%17)c%19c%11c%21c2c2c4c7c8c9c%112)C%152C(C(=O)OCCO)(C(=O)OCCCC(=O)OC(C)(C)C)C652)C%1013. The second-order valence-corrected chi connectivity index (χ2v) is 41.1. The third-order valence-corrected chi connectivity index (χ3v) is 34.5. The van der Waals surface area contributed by atoms with Gasteiger partial charge in [-0.15, -0.1) is 0 Å². The molecule has 35 rings (SSSR count). The quantitative estimate of drug-likeness (QED) is 0.0166. The minimum absolute atomic E-state index is 0.00136. The van der Waals surface area contributed by atoms with E-state index in [9.17, 15) is 29.7 Å². The Hall–Kier alpha value is -11.9. The number of rotatable bonds is 24. The lowest BCUT2D eigenvalue weighted by Crippen LogP contribution is -2.40. The standard InChI is InChI=1S/C99H60O21/c1-88(2,3)118-25(103)13-10-19-112-82(106)97(85(109)115-22-16-100)91-70-52-43-34-28-31-29-33-30-32(28)38-45-36(30)42-48-39(33)44-35(29)40-46(37(31)43)55(70)61-50(40)59-53(44)71-57(48)63-51(42)60-54(45)72-56-47(38)41(34)49-58(52)73(91)64-67-79-68-65(76(61)94(79,91)97)74(59)92(71)96(98(92,86(110)116-23-17-101)83(107)113-20-11-14-26(104)119-89(4,5)6)78(63)66-69(81(68)96)80(67)95(77(64)62(49)56)93(72,75(60)66)99(95,87(111)117-24-18-102)84(108)114-21-12-15-27(105)120-90(7,8)9/h100-102H,10-24H2,1-9H3. The highest BCUT2D eigenvalue weighted by Gasteiger charge is 3.10. The summed E-state index contributed by atoms with van der Waals surface area (Å²) in [4.78, 5) is 150. The monoisotopic (exact) mass is 1580 g/mol. The molecule has 9 atom stereocenters. The minimum Gasteiger partial charge on any atom is -0.465 e. The topological polar surface area (TPSA) is 297 Å². The van der Waals surface area contributed by atoms with Crippen molar-refractivity contribution in [3.63, 3.8) is 0 Å². The first kappa shape index (κ1) is 62.3. The van der Waals surface area contributed by atoms with Crippen LogP contribution < -0.4 is 0 Å². The van der Waals surface area contributed by atoms with E-state index >= 15 is 28.8 Å². The van der Waals surface area contributed by atoms with Gasteiger partial charge in [0.15, 0.2) is 16.2 Å². The Morgan fingerprint density at radius 2 is 0.367 bits per heavy atom. The predicted molar refractivity (Wildman–Crippen MR) is 437 cm³/mol. The Morgan fingerprint density at radius 3 is 0.550 bits per heavy atom. The Morgan fingerprint density at radius 1 is 0.217 bits per heavy atom. The van der Waals surface area contributed by atoms with Gasteiger partial charge in [-0.25, -0.2) is 0 Å². The lowest BCUT2D eigenvalue weighted by atomic mass is 9.65. The van der Waals surface area contributed by atoms with Gasteiger partial charge in [-0.1, -0.05) is 0 Å². The zero-order valence-electron chi connectivity index (χ0n) is 65.8. The molecule has 3 fully saturated rings. The third-order valence-electron chi connectivity index (χ3n) is 34.5. The van der Waals surface area contributed by atoms with Crippen LogP contribution in [-0.2, 0) is 118 Å². The van der Waals surface area contributed by atoms with E-state index in [2.05, 4.69) is 0 Å². The Kier molecular flexibility index (Phi) is 8.39. The molecular weight excluding hydrogens is 1530 g/mol. The Labute approximate surface area is 671 Å². The largest absolute Gasteiger partial charge is 0.465 e. The molecule has 3 N–H and O–H groups in total. The van der Waals surface area contributed by atoms with Crippen molar-refractivity contribution < 1.29 is 101 Å². The van der Waals surface area contributed by atoms with Crippen LogP contribution in [0.4, 0.5) is 0 Å². The number of hydrogen-bond acceptors (Lipinski definition) is 21. The number of aliphatic hydroxyl groups excluding tert-OH is 3. The van der Waals surface area contributed by atoms with Crippen LogP contribution in [0.25, 0.3) is 227 Å². The molecule has 3 saturated carbocycles. The second-order valence-electron chi connectivity index (χ2n) is 41.1. The summed E-state index contributed by atoms with van der Waals surface area (Å²) in [7, 11) is 0. The molecule has 21 nitrogen and oxygen atoms in total. The second kappa shape index (κ2) is 16.2. The maximum atomic E-state index is 18.2. The number of benzene rings is 14. The summed E-state index contributed by atoms with van der Waals surface area (Å²) in [5.74, 6) is -7.14. The summed E-state index contributed by atoms with van der Waals surface area (Å²) in [6, 6.07) is 0. The molecule has 0 aliphatic heterocycles. The van der Waals surface area contributed by atoms with E-state index in [0.717, 1.165) is 211 Å². The Bertz CT molecular complexity index is 8090. The van der Waals surface area contributed by atoms with Crippen LogP contribution in [-0.4, -0.2) is 145 Å². The smallest absolute Gasteiger partial charge is 0.326 e. The summed E-state index contributed by atoms with van der Waals surface area (Å²) >= 11 is 0. The third kappa shape index (κ3) is 4.35. The van der Waals surface area contributed by atoms with Gasteiger partial charge in [-0.05, 0) is 376 Å². The number of carbonyl (C=O) groups excluding carboxylic acids is 9. The maximum Gasteiger partial charge on any atom is 0.326 e. The van der Waals surface area contributed by atoms with Gasteiger partial charge in [0.2, 0.25) is 0 Å². The van der Waals surface area contributed by atoms with Crippen LogP contribution in [0.3, 0.4) is 0 Å². The Balaban J connectivity index is 0.814. The van der Waals surface area contributed by atoms with Crippen molar-refractivity contribution in [2.45, 2.75) is 150 Å². The first-order valence-corrected chi connectivity index (χ1v) is 42.5. The zero-order valence-corrected chi connectivity index (χ0v) is 65.8. The molecule has 0 heterocycles. The summed E-state index contributed by atoms with van der Waals surface area (Å²) in [6.45, 7) is 11.5. The van der Waals surface area contributed by atoms with E-state index in [1.54, 1.807) is 62.3 Å². The number of carbonyl (C=O) groups is 9. The fraction of sp³-hybridized carbons (Fsp3) is 0.364. The number of hydrogen-bond donors (Lipinski definition) is 3. The van der Waals surface area contributed by atoms with Gasteiger partial charge in [-0.2, -0.15) is 0 Å². The molecule has 15 aliphatic carbocycles. The van der Waals surface area contributed by atoms with Crippen molar-refractivity contribution in [1.82, 2.24) is 0 Å². The van der Waals surface area contributed by atoms with Crippen LogP contribution in [0.15, 0.2) is 0 Å². The molecule has 120 heavy (non-hydrogen) atoms. The van der Waals surface area contributed by atoms with Crippen LogP contribution in [0.5, 0.6) is 0 Å². The van der Waals surface area contributed by atoms with Gasteiger partial charge in [-0.3, -0.25) is 43.2 Å². The molecule has 0 bridgehead atoms. The van der Waals surface area contributed by atoms with E-state index in [4.69, 9.17) is 42.6 Å². The van der Waals surface area contributed by atoms with Gasteiger partial charge in [0.25, 0.3) is 0 Å². The summed E-state index contributed by atoms with van der Waals surface area (Å²) in [5, 5.41) is 69.3. The van der Waals surface area contributed by atoms with Gasteiger partial charge >= 0.3 is 53.7 Å².